The van der Waals surface area contributed by atoms with Crippen LogP contribution in [0.5, 0.6) is 5.75 Å². The molecular weight excluding hydrogens is 382 g/mol. The van der Waals surface area contributed by atoms with Crippen LogP contribution in [-0.4, -0.2) is 16.6 Å². The minimum atomic E-state index is -2.81. The molecule has 3 nitrogen and oxygen atoms in total. The number of aryl methyl sites for hydroxylation is 1. The number of hydrogen-bond acceptors (Lipinski definition) is 3. The highest BCUT2D eigenvalue weighted by atomic mass is 19.3. The van der Waals surface area contributed by atoms with Crippen LogP contribution in [-0.2, 0) is 6.42 Å². The zero-order valence-electron chi connectivity index (χ0n) is 17.4. The molecule has 0 saturated heterocycles. The van der Waals surface area contributed by atoms with Gasteiger partial charge in [0.2, 0.25) is 0 Å². The van der Waals surface area contributed by atoms with E-state index >= 15 is 0 Å². The molecule has 0 spiro atoms. The molecule has 0 saturated carbocycles. The lowest BCUT2D eigenvalue weighted by molar-refractivity contribution is -0.0498. The standard InChI is InChI=1S/C25H28F2N2O/c1-2-3-4-5-6-7-8-19-17-28-24(29-18-19)22-11-9-20(10-12-22)21-13-15-23(16-14-21)30-25(26)27/h9-18,25H,2-8H2,1H3. The van der Waals surface area contributed by atoms with Crippen molar-refractivity contribution in [1.29, 1.82) is 0 Å². The molecule has 0 aliphatic rings. The van der Waals surface area contributed by atoms with Gasteiger partial charge in [-0.15, -0.1) is 0 Å². The molecule has 30 heavy (non-hydrogen) atoms. The van der Waals surface area contributed by atoms with E-state index in [1.54, 1.807) is 24.3 Å². The van der Waals surface area contributed by atoms with Gasteiger partial charge in [-0.05, 0) is 41.7 Å². The zero-order valence-corrected chi connectivity index (χ0v) is 17.4. The largest absolute Gasteiger partial charge is 0.435 e. The highest BCUT2D eigenvalue weighted by Gasteiger charge is 2.06. The molecular formula is C25H28F2N2O. The van der Waals surface area contributed by atoms with Gasteiger partial charge in [0.15, 0.2) is 5.82 Å². The number of ether oxygens (including phenoxy) is 1. The Balaban J connectivity index is 1.55. The summed E-state index contributed by atoms with van der Waals surface area (Å²) in [6, 6.07) is 14.5. The van der Waals surface area contributed by atoms with E-state index in [4.69, 9.17) is 0 Å². The van der Waals surface area contributed by atoms with Crippen LogP contribution in [0.15, 0.2) is 60.9 Å². The molecule has 0 aliphatic carbocycles. The monoisotopic (exact) mass is 410 g/mol. The summed E-state index contributed by atoms with van der Waals surface area (Å²) in [5.41, 5.74) is 4.04. The van der Waals surface area contributed by atoms with Crippen LogP contribution in [0.1, 0.15) is 51.0 Å². The van der Waals surface area contributed by atoms with Crippen LogP contribution in [0.3, 0.4) is 0 Å². The van der Waals surface area contributed by atoms with Gasteiger partial charge in [0.1, 0.15) is 5.75 Å². The molecule has 0 radical (unpaired) electrons. The van der Waals surface area contributed by atoms with Crippen LogP contribution in [0, 0.1) is 0 Å². The molecule has 0 atom stereocenters. The molecule has 3 rings (SSSR count). The summed E-state index contributed by atoms with van der Waals surface area (Å²) in [5, 5.41) is 0. The molecule has 0 bridgehead atoms. The van der Waals surface area contributed by atoms with E-state index in [0.717, 1.165) is 23.1 Å². The molecule has 2 aromatic carbocycles. The maximum absolute atomic E-state index is 12.3. The van der Waals surface area contributed by atoms with Crippen molar-refractivity contribution >= 4 is 0 Å². The normalized spacial score (nSPS) is 11.1. The number of hydrogen-bond donors (Lipinski definition) is 0. The van der Waals surface area contributed by atoms with Crippen molar-refractivity contribution in [3.05, 3.63) is 66.5 Å². The number of nitrogens with zero attached hydrogens (tertiary/aromatic N) is 2. The summed E-state index contributed by atoms with van der Waals surface area (Å²) in [5.74, 6) is 0.855. The maximum atomic E-state index is 12.3. The van der Waals surface area contributed by atoms with Gasteiger partial charge in [0.05, 0.1) is 0 Å². The van der Waals surface area contributed by atoms with Gasteiger partial charge in [0.25, 0.3) is 0 Å². The van der Waals surface area contributed by atoms with E-state index in [-0.39, 0.29) is 5.75 Å². The lowest BCUT2D eigenvalue weighted by Gasteiger charge is -2.07. The van der Waals surface area contributed by atoms with Gasteiger partial charge in [-0.1, -0.05) is 75.4 Å². The Morgan fingerprint density at radius 1 is 0.733 bits per heavy atom. The topological polar surface area (TPSA) is 35.0 Å². The SMILES string of the molecule is CCCCCCCCc1cnc(-c2ccc(-c3ccc(OC(F)F)cc3)cc2)nc1. The van der Waals surface area contributed by atoms with E-state index in [9.17, 15) is 8.78 Å². The highest BCUT2D eigenvalue weighted by Crippen LogP contribution is 2.25. The fourth-order valence-corrected chi connectivity index (χ4v) is 3.38. The van der Waals surface area contributed by atoms with Gasteiger partial charge >= 0.3 is 6.61 Å². The zero-order chi connectivity index (χ0) is 21.2. The van der Waals surface area contributed by atoms with Crippen LogP contribution < -0.4 is 4.74 Å². The average Bonchev–Trinajstić information content (AvgIpc) is 2.77. The Kier molecular flexibility index (Phi) is 8.30. The Labute approximate surface area is 177 Å². The molecule has 0 unspecified atom stereocenters. The summed E-state index contributed by atoms with van der Waals surface area (Å²) >= 11 is 0. The summed E-state index contributed by atoms with van der Waals surface area (Å²) in [7, 11) is 0. The fraction of sp³-hybridized carbons (Fsp3) is 0.360. The third-order valence-corrected chi connectivity index (χ3v) is 5.08. The van der Waals surface area contributed by atoms with Crippen molar-refractivity contribution in [3.8, 4) is 28.3 Å². The summed E-state index contributed by atoms with van der Waals surface area (Å²) in [6.07, 6.45) is 12.6. The molecule has 0 N–H and O–H groups in total. The Hall–Kier alpha value is -2.82. The first-order valence-electron chi connectivity index (χ1n) is 10.6. The van der Waals surface area contributed by atoms with Crippen molar-refractivity contribution < 1.29 is 13.5 Å². The van der Waals surface area contributed by atoms with Gasteiger partial charge in [-0.3, -0.25) is 0 Å². The lowest BCUT2D eigenvalue weighted by atomic mass is 10.0. The number of alkyl halides is 2. The fourth-order valence-electron chi connectivity index (χ4n) is 3.38. The third-order valence-electron chi connectivity index (χ3n) is 5.08. The van der Waals surface area contributed by atoms with Crippen molar-refractivity contribution in [2.75, 3.05) is 0 Å². The summed E-state index contributed by atoms with van der Waals surface area (Å²) in [6.45, 7) is -0.579. The second-order valence-corrected chi connectivity index (χ2v) is 7.41. The predicted octanol–water partition coefficient (Wildman–Crippen LogP) is 7.32. The number of unbranched alkanes of at least 4 members (excludes halogenated alkanes) is 5. The van der Waals surface area contributed by atoms with Gasteiger partial charge < -0.3 is 4.74 Å². The second-order valence-electron chi connectivity index (χ2n) is 7.41. The van der Waals surface area contributed by atoms with Crippen molar-refractivity contribution in [2.45, 2.75) is 58.5 Å². The first-order valence-corrected chi connectivity index (χ1v) is 10.6. The molecule has 158 valence electrons. The van der Waals surface area contributed by atoms with Crippen LogP contribution in [0.2, 0.25) is 0 Å². The molecule has 1 heterocycles. The number of rotatable bonds is 11. The molecule has 0 fully saturated rings. The maximum Gasteiger partial charge on any atom is 0.387 e. The highest BCUT2D eigenvalue weighted by molar-refractivity contribution is 5.68. The summed E-state index contributed by atoms with van der Waals surface area (Å²) in [4.78, 5) is 9.04. The number of benzene rings is 2. The smallest absolute Gasteiger partial charge is 0.387 e. The molecule has 0 aliphatic heterocycles. The van der Waals surface area contributed by atoms with Gasteiger partial charge in [-0.25, -0.2) is 9.97 Å². The van der Waals surface area contributed by atoms with Crippen LogP contribution in [0.4, 0.5) is 8.78 Å². The van der Waals surface area contributed by atoms with Crippen LogP contribution in [0.25, 0.3) is 22.5 Å². The summed E-state index contributed by atoms with van der Waals surface area (Å²) < 4.78 is 28.9. The number of aromatic nitrogens is 2. The Bertz CT molecular complexity index is 879. The predicted molar refractivity (Wildman–Crippen MR) is 117 cm³/mol. The van der Waals surface area contributed by atoms with Gasteiger partial charge in [0, 0.05) is 18.0 Å². The van der Waals surface area contributed by atoms with E-state index in [0.29, 0.717) is 5.82 Å². The van der Waals surface area contributed by atoms with Crippen molar-refractivity contribution in [2.24, 2.45) is 0 Å². The van der Waals surface area contributed by atoms with E-state index in [1.807, 2.05) is 36.7 Å². The van der Waals surface area contributed by atoms with Crippen molar-refractivity contribution in [1.82, 2.24) is 9.97 Å². The van der Waals surface area contributed by atoms with Gasteiger partial charge in [-0.2, -0.15) is 8.78 Å². The molecule has 3 aromatic rings. The second kappa shape index (κ2) is 11.4. The van der Waals surface area contributed by atoms with E-state index in [1.165, 1.54) is 44.1 Å². The molecule has 5 heteroatoms. The van der Waals surface area contributed by atoms with E-state index in [2.05, 4.69) is 21.6 Å². The molecule has 0 amide bonds. The quantitative estimate of drug-likeness (QED) is 0.311. The molecule has 1 aromatic heterocycles. The van der Waals surface area contributed by atoms with E-state index < -0.39 is 6.61 Å². The first kappa shape index (κ1) is 21.9. The minimum Gasteiger partial charge on any atom is -0.435 e. The average molecular weight is 411 g/mol. The third kappa shape index (κ3) is 6.61. The first-order chi connectivity index (χ1) is 14.7. The van der Waals surface area contributed by atoms with Crippen LogP contribution >= 0.6 is 0 Å². The number of halogens is 2. The Morgan fingerprint density at radius 2 is 1.27 bits per heavy atom. The minimum absolute atomic E-state index is 0.153. The lowest BCUT2D eigenvalue weighted by Crippen LogP contribution is -2.01. The van der Waals surface area contributed by atoms with Crippen molar-refractivity contribution in [3.63, 3.8) is 0 Å². The Morgan fingerprint density at radius 3 is 1.87 bits per heavy atom.